The van der Waals surface area contributed by atoms with Crippen LogP contribution in [-0.2, 0) is 9.59 Å². The van der Waals surface area contributed by atoms with Crippen molar-refractivity contribution in [1.82, 2.24) is 0 Å². The van der Waals surface area contributed by atoms with E-state index in [1.165, 1.54) is 50.5 Å². The van der Waals surface area contributed by atoms with E-state index in [1.54, 1.807) is 0 Å². The summed E-state index contributed by atoms with van der Waals surface area (Å²) in [5, 5.41) is 0. The molecule has 162 valence electrons. The molecule has 2 heteroatoms. The molecule has 29 heavy (non-hydrogen) atoms. The molecule has 0 aromatic rings. The van der Waals surface area contributed by atoms with Gasteiger partial charge in [-0.2, -0.15) is 0 Å². The van der Waals surface area contributed by atoms with Gasteiger partial charge in [-0.25, -0.2) is 0 Å². The lowest BCUT2D eigenvalue weighted by Gasteiger charge is -2.56. The van der Waals surface area contributed by atoms with Crippen molar-refractivity contribution in [1.29, 1.82) is 0 Å². The van der Waals surface area contributed by atoms with Crippen LogP contribution in [0.2, 0.25) is 0 Å². The molecule has 4 rings (SSSR count). The summed E-state index contributed by atoms with van der Waals surface area (Å²) in [4.78, 5) is 25.2. The molecule has 3 saturated carbocycles. The Bertz CT molecular complexity index is 703. The van der Waals surface area contributed by atoms with Gasteiger partial charge in [-0.05, 0) is 78.6 Å². The Morgan fingerprint density at radius 1 is 0.931 bits per heavy atom. The quantitative estimate of drug-likeness (QED) is 0.512. The molecular formula is C27H42O2. The van der Waals surface area contributed by atoms with Crippen molar-refractivity contribution in [2.75, 3.05) is 0 Å². The lowest BCUT2D eigenvalue weighted by Crippen LogP contribution is -2.52. The Labute approximate surface area is 178 Å². The molecule has 0 aliphatic heterocycles. The number of fused-ring (bicyclic) bond motifs is 5. The fraction of sp³-hybridized carbons (Fsp3) is 0.852. The fourth-order valence-corrected chi connectivity index (χ4v) is 8.18. The number of carbonyl (C=O) groups excluding carboxylic acids is 2. The maximum Gasteiger partial charge on any atom is 0.159 e. The summed E-state index contributed by atoms with van der Waals surface area (Å²) in [6.07, 6.45) is 13.3. The van der Waals surface area contributed by atoms with E-state index in [-0.39, 0.29) is 17.1 Å². The molecule has 0 aromatic heterocycles. The molecule has 3 fully saturated rings. The van der Waals surface area contributed by atoms with Gasteiger partial charge in [0.2, 0.25) is 0 Å². The summed E-state index contributed by atoms with van der Waals surface area (Å²) in [6, 6.07) is 0. The number of hydrogen-bond donors (Lipinski definition) is 0. The summed E-state index contributed by atoms with van der Waals surface area (Å²) in [7, 11) is 0. The molecule has 0 amide bonds. The fourth-order valence-electron chi connectivity index (χ4n) is 8.18. The minimum atomic E-state index is -0.0472. The molecule has 0 bridgehead atoms. The first-order chi connectivity index (χ1) is 13.7. The Kier molecular flexibility index (Phi) is 5.62. The lowest BCUT2D eigenvalue weighted by atomic mass is 9.47. The predicted molar refractivity (Wildman–Crippen MR) is 118 cm³/mol. The highest BCUT2D eigenvalue weighted by molar-refractivity contribution is 5.98. The maximum absolute atomic E-state index is 13.1. The van der Waals surface area contributed by atoms with Gasteiger partial charge in [0.15, 0.2) is 5.78 Å². The third kappa shape index (κ3) is 3.47. The summed E-state index contributed by atoms with van der Waals surface area (Å²) in [5.41, 5.74) is 1.89. The Morgan fingerprint density at radius 3 is 2.38 bits per heavy atom. The lowest BCUT2D eigenvalue weighted by molar-refractivity contribution is -0.138. The van der Waals surface area contributed by atoms with Gasteiger partial charge >= 0.3 is 0 Å². The van der Waals surface area contributed by atoms with Crippen molar-refractivity contribution >= 4 is 11.6 Å². The molecule has 0 unspecified atom stereocenters. The zero-order valence-corrected chi connectivity index (χ0v) is 19.4. The first-order valence-corrected chi connectivity index (χ1v) is 12.4. The molecule has 0 saturated heterocycles. The second-order valence-electron chi connectivity index (χ2n) is 12.0. The van der Waals surface area contributed by atoms with E-state index in [2.05, 4.69) is 34.6 Å². The highest BCUT2D eigenvalue weighted by atomic mass is 16.1. The minimum absolute atomic E-state index is 0.0252. The average molecular weight is 399 g/mol. The van der Waals surface area contributed by atoms with E-state index in [1.807, 2.05) is 6.08 Å². The summed E-state index contributed by atoms with van der Waals surface area (Å²) in [6.45, 7) is 12.0. The SMILES string of the molecule is CC(C)CCC[C@@H](C)[C@H]1CC[C@H]2C3=CC(=O)[C@H]4CC(=O)CC[C@]4(C)[C@H]3CC[C@]12C. The maximum atomic E-state index is 13.1. The zero-order valence-electron chi connectivity index (χ0n) is 19.4. The van der Waals surface area contributed by atoms with Crippen molar-refractivity contribution in [2.45, 2.75) is 98.8 Å². The van der Waals surface area contributed by atoms with E-state index in [9.17, 15) is 9.59 Å². The average Bonchev–Trinajstić information content (AvgIpc) is 3.00. The van der Waals surface area contributed by atoms with Gasteiger partial charge in [0.1, 0.15) is 5.78 Å². The van der Waals surface area contributed by atoms with Crippen LogP contribution in [0.25, 0.3) is 0 Å². The van der Waals surface area contributed by atoms with E-state index < -0.39 is 0 Å². The summed E-state index contributed by atoms with van der Waals surface area (Å²) in [5.74, 6) is 4.04. The Hall–Kier alpha value is -0.920. The standard InChI is InChI=1S/C27H42O2/c1-17(2)7-6-8-18(3)21-9-10-22-20-16-25(29)24-15-19(28)11-13-27(24,5)23(20)12-14-26(21,22)4/h16-18,21-24H,6-15H2,1-5H3/t18-,21-,22+,23+,24-,26-,27-/m1/s1. The van der Waals surface area contributed by atoms with Crippen molar-refractivity contribution in [2.24, 2.45) is 46.3 Å². The predicted octanol–water partition coefficient (Wildman–Crippen LogP) is 6.78. The Morgan fingerprint density at radius 2 is 1.66 bits per heavy atom. The van der Waals surface area contributed by atoms with Crippen LogP contribution >= 0.6 is 0 Å². The summed E-state index contributed by atoms with van der Waals surface area (Å²) >= 11 is 0. The molecule has 2 nitrogen and oxygen atoms in total. The summed E-state index contributed by atoms with van der Waals surface area (Å²) < 4.78 is 0. The first-order valence-electron chi connectivity index (χ1n) is 12.4. The highest BCUT2D eigenvalue weighted by Crippen LogP contribution is 2.66. The minimum Gasteiger partial charge on any atom is -0.300 e. The normalized spacial score (nSPS) is 42.9. The number of rotatable bonds is 5. The topological polar surface area (TPSA) is 34.1 Å². The van der Waals surface area contributed by atoms with Crippen LogP contribution in [0.15, 0.2) is 11.6 Å². The van der Waals surface area contributed by atoms with Gasteiger partial charge in [0.25, 0.3) is 0 Å². The van der Waals surface area contributed by atoms with E-state index in [0.29, 0.717) is 35.9 Å². The van der Waals surface area contributed by atoms with Crippen molar-refractivity contribution < 1.29 is 9.59 Å². The van der Waals surface area contributed by atoms with Crippen LogP contribution in [0.5, 0.6) is 0 Å². The number of hydrogen-bond acceptors (Lipinski definition) is 2. The molecule has 0 radical (unpaired) electrons. The van der Waals surface area contributed by atoms with Crippen molar-refractivity contribution in [3.05, 3.63) is 11.6 Å². The van der Waals surface area contributed by atoms with E-state index >= 15 is 0 Å². The Balaban J connectivity index is 1.56. The largest absolute Gasteiger partial charge is 0.300 e. The second-order valence-corrected chi connectivity index (χ2v) is 12.0. The van der Waals surface area contributed by atoms with E-state index in [0.717, 1.165) is 24.2 Å². The van der Waals surface area contributed by atoms with Crippen LogP contribution in [0.4, 0.5) is 0 Å². The van der Waals surface area contributed by atoms with Crippen LogP contribution in [0.1, 0.15) is 98.8 Å². The van der Waals surface area contributed by atoms with Gasteiger partial charge in [-0.15, -0.1) is 0 Å². The molecule has 0 N–H and O–H groups in total. The molecule has 4 aliphatic rings. The molecule has 4 aliphatic carbocycles. The third-order valence-corrected chi connectivity index (χ3v) is 9.93. The smallest absolute Gasteiger partial charge is 0.159 e. The zero-order chi connectivity index (χ0) is 21.0. The third-order valence-electron chi connectivity index (χ3n) is 9.93. The van der Waals surface area contributed by atoms with Crippen LogP contribution in [-0.4, -0.2) is 11.6 Å². The van der Waals surface area contributed by atoms with Crippen molar-refractivity contribution in [3.8, 4) is 0 Å². The number of ketones is 2. The first kappa shape index (κ1) is 21.3. The van der Waals surface area contributed by atoms with Gasteiger partial charge in [-0.1, -0.05) is 59.5 Å². The second kappa shape index (κ2) is 7.65. The van der Waals surface area contributed by atoms with Crippen molar-refractivity contribution in [3.63, 3.8) is 0 Å². The monoisotopic (exact) mass is 398 g/mol. The number of allylic oxidation sites excluding steroid dienone is 2. The molecule has 7 atom stereocenters. The van der Waals surface area contributed by atoms with Gasteiger partial charge in [-0.3, -0.25) is 9.59 Å². The molecule has 0 aromatic carbocycles. The van der Waals surface area contributed by atoms with Gasteiger partial charge in [0, 0.05) is 18.8 Å². The van der Waals surface area contributed by atoms with Gasteiger partial charge in [0.05, 0.1) is 0 Å². The van der Waals surface area contributed by atoms with Crippen LogP contribution in [0.3, 0.4) is 0 Å². The molecule has 0 heterocycles. The molecule has 0 spiro atoms. The number of Topliss-reactive ketones (excluding diaryl/α,β-unsaturated/α-hetero) is 1. The van der Waals surface area contributed by atoms with Gasteiger partial charge < -0.3 is 0 Å². The molecular weight excluding hydrogens is 356 g/mol. The van der Waals surface area contributed by atoms with E-state index in [4.69, 9.17) is 0 Å². The van der Waals surface area contributed by atoms with Crippen LogP contribution in [0, 0.1) is 46.3 Å². The van der Waals surface area contributed by atoms with Crippen LogP contribution < -0.4 is 0 Å². The highest BCUT2D eigenvalue weighted by Gasteiger charge is 2.59. The number of carbonyl (C=O) groups is 2.